The summed E-state index contributed by atoms with van der Waals surface area (Å²) in [5.41, 5.74) is 1.37. The molecule has 4 rings (SSSR count). The summed E-state index contributed by atoms with van der Waals surface area (Å²) < 4.78 is 11.5. The number of rotatable bonds is 5. The fraction of sp³-hybridized carbons (Fsp3) is 0.190. The first-order valence-electron chi connectivity index (χ1n) is 8.81. The molecule has 0 bridgehead atoms. The van der Waals surface area contributed by atoms with Gasteiger partial charge in [-0.25, -0.2) is 4.98 Å². The lowest BCUT2D eigenvalue weighted by Gasteiger charge is -2.24. The molecule has 3 aromatic rings. The molecule has 0 radical (unpaired) electrons. The highest BCUT2D eigenvalue weighted by molar-refractivity contribution is 7.22. The van der Waals surface area contributed by atoms with Crippen molar-refractivity contribution in [3.63, 3.8) is 0 Å². The van der Waals surface area contributed by atoms with Crippen molar-refractivity contribution in [1.29, 1.82) is 0 Å². The Hall–Kier alpha value is -3.39. The van der Waals surface area contributed by atoms with Crippen LogP contribution in [0, 0.1) is 0 Å². The summed E-state index contributed by atoms with van der Waals surface area (Å²) in [6.07, 6.45) is 0. The number of fused-ring (bicyclic) bond motifs is 1. The van der Waals surface area contributed by atoms with Crippen molar-refractivity contribution in [3.05, 3.63) is 59.4 Å². The quantitative estimate of drug-likeness (QED) is 0.688. The maximum Gasteiger partial charge on any atom is 0.296 e. The van der Waals surface area contributed by atoms with Crippen LogP contribution in [0.4, 0.5) is 5.13 Å². The topological polar surface area (TPSA) is 89.0 Å². The number of para-hydroxylation sites is 1. The number of hydrogen-bond acceptors (Lipinski definition) is 7. The van der Waals surface area contributed by atoms with Gasteiger partial charge in [-0.3, -0.25) is 14.5 Å². The second-order valence-corrected chi connectivity index (χ2v) is 7.48. The molecule has 0 aliphatic carbocycles. The summed E-state index contributed by atoms with van der Waals surface area (Å²) in [7, 11) is 3.03. The van der Waals surface area contributed by atoms with Gasteiger partial charge < -0.3 is 14.6 Å². The summed E-state index contributed by atoms with van der Waals surface area (Å²) in [5.74, 6) is -0.634. The number of carbonyl (C=O) groups excluding carboxylic acids is 2. The van der Waals surface area contributed by atoms with Gasteiger partial charge in [0.25, 0.3) is 5.91 Å². The van der Waals surface area contributed by atoms with Crippen LogP contribution < -0.4 is 14.4 Å². The van der Waals surface area contributed by atoms with Gasteiger partial charge in [0.1, 0.15) is 0 Å². The molecule has 2 heterocycles. The van der Waals surface area contributed by atoms with E-state index in [2.05, 4.69) is 4.98 Å². The first-order chi connectivity index (χ1) is 14.0. The zero-order chi connectivity index (χ0) is 20.7. The van der Waals surface area contributed by atoms with E-state index < -0.39 is 17.7 Å². The molecule has 1 aromatic heterocycles. The van der Waals surface area contributed by atoms with Crippen molar-refractivity contribution in [2.45, 2.75) is 13.0 Å². The number of Topliss-reactive ketones (excluding diaryl/α,β-unsaturated/α-hetero) is 1. The Labute approximate surface area is 170 Å². The van der Waals surface area contributed by atoms with Crippen LogP contribution in [-0.2, 0) is 9.59 Å². The Bertz CT molecular complexity index is 1130. The fourth-order valence-electron chi connectivity index (χ4n) is 3.46. The zero-order valence-electron chi connectivity index (χ0n) is 16.0. The Balaban J connectivity index is 1.90. The molecule has 1 aliphatic rings. The molecule has 1 aliphatic heterocycles. The Morgan fingerprint density at radius 3 is 2.52 bits per heavy atom. The minimum absolute atomic E-state index is 0.0291. The van der Waals surface area contributed by atoms with E-state index in [9.17, 15) is 14.7 Å². The van der Waals surface area contributed by atoms with E-state index in [1.165, 1.54) is 37.4 Å². The third kappa shape index (κ3) is 3.01. The summed E-state index contributed by atoms with van der Waals surface area (Å²) >= 11 is 1.32. The number of thiazole rings is 1. The lowest BCUT2D eigenvalue weighted by Crippen LogP contribution is -2.30. The molecule has 2 aromatic carbocycles. The molecule has 7 nitrogen and oxygen atoms in total. The molecule has 0 fully saturated rings. The van der Waals surface area contributed by atoms with Gasteiger partial charge in [0.05, 0.1) is 36.1 Å². The van der Waals surface area contributed by atoms with Crippen molar-refractivity contribution >= 4 is 38.4 Å². The SMILES string of the molecule is COc1ccc([C@H]2C(C(C)=O)=C(O)C(=O)N2c2nc3ccccc3s2)cc1OC. The summed E-state index contributed by atoms with van der Waals surface area (Å²) in [5, 5.41) is 10.9. The van der Waals surface area contributed by atoms with Gasteiger partial charge in [-0.1, -0.05) is 29.5 Å². The molecule has 29 heavy (non-hydrogen) atoms. The Kier molecular flexibility index (Phi) is 4.71. The second-order valence-electron chi connectivity index (χ2n) is 6.47. The van der Waals surface area contributed by atoms with Gasteiger partial charge in [0.15, 0.2) is 28.2 Å². The summed E-state index contributed by atoms with van der Waals surface area (Å²) in [4.78, 5) is 31.2. The number of hydrogen-bond donors (Lipinski definition) is 1. The second kappa shape index (κ2) is 7.21. The van der Waals surface area contributed by atoms with E-state index in [1.807, 2.05) is 24.3 Å². The van der Waals surface area contributed by atoms with E-state index in [-0.39, 0.29) is 11.4 Å². The van der Waals surface area contributed by atoms with Crippen molar-refractivity contribution in [1.82, 2.24) is 4.98 Å². The molecule has 0 saturated heterocycles. The first kappa shape index (κ1) is 18.9. The number of ketones is 1. The standard InChI is InChI=1S/C21H18N2O5S/c1-11(24)17-18(12-8-9-14(27-2)15(10-12)28-3)23(20(26)19(17)25)21-22-13-6-4-5-7-16(13)29-21/h4-10,18,25H,1-3H3/t18-/m0/s1. The van der Waals surface area contributed by atoms with Crippen LogP contribution in [-0.4, -0.2) is 36.0 Å². The molecule has 0 saturated carbocycles. The van der Waals surface area contributed by atoms with E-state index in [4.69, 9.17) is 9.47 Å². The molecule has 1 atom stereocenters. The maximum absolute atomic E-state index is 12.9. The van der Waals surface area contributed by atoms with Gasteiger partial charge in [-0.05, 0) is 36.8 Å². The van der Waals surface area contributed by atoms with Crippen molar-refractivity contribution in [3.8, 4) is 11.5 Å². The number of aromatic nitrogens is 1. The minimum atomic E-state index is -0.819. The van der Waals surface area contributed by atoms with Crippen LogP contribution in [0.2, 0.25) is 0 Å². The number of aliphatic hydroxyl groups is 1. The number of carbonyl (C=O) groups is 2. The van der Waals surface area contributed by atoms with E-state index in [0.717, 1.165) is 10.2 Å². The maximum atomic E-state index is 12.9. The smallest absolute Gasteiger partial charge is 0.296 e. The molecular weight excluding hydrogens is 392 g/mol. The van der Waals surface area contributed by atoms with Crippen LogP contribution in [0.15, 0.2) is 53.8 Å². The monoisotopic (exact) mass is 410 g/mol. The van der Waals surface area contributed by atoms with Crippen LogP contribution in [0.1, 0.15) is 18.5 Å². The Morgan fingerprint density at radius 2 is 1.86 bits per heavy atom. The molecule has 1 amide bonds. The van der Waals surface area contributed by atoms with Gasteiger partial charge >= 0.3 is 0 Å². The van der Waals surface area contributed by atoms with E-state index >= 15 is 0 Å². The van der Waals surface area contributed by atoms with Crippen molar-refractivity contribution in [2.24, 2.45) is 0 Å². The van der Waals surface area contributed by atoms with Crippen molar-refractivity contribution in [2.75, 3.05) is 19.1 Å². The molecule has 0 spiro atoms. The first-order valence-corrected chi connectivity index (χ1v) is 9.63. The number of anilines is 1. The highest BCUT2D eigenvalue weighted by atomic mass is 32.1. The van der Waals surface area contributed by atoms with Crippen LogP contribution >= 0.6 is 11.3 Å². The van der Waals surface area contributed by atoms with Gasteiger partial charge in [-0.15, -0.1) is 0 Å². The van der Waals surface area contributed by atoms with Crippen LogP contribution in [0.3, 0.4) is 0 Å². The predicted molar refractivity (Wildman–Crippen MR) is 110 cm³/mol. The number of ether oxygens (including phenoxy) is 2. The van der Waals surface area contributed by atoms with Crippen molar-refractivity contribution < 1.29 is 24.2 Å². The summed E-state index contributed by atoms with van der Waals surface area (Å²) in [6.45, 7) is 1.33. The van der Waals surface area contributed by atoms with E-state index in [1.54, 1.807) is 18.2 Å². The Morgan fingerprint density at radius 1 is 1.14 bits per heavy atom. The summed E-state index contributed by atoms with van der Waals surface area (Å²) in [6, 6.07) is 11.8. The zero-order valence-corrected chi connectivity index (χ0v) is 16.8. The number of methoxy groups -OCH3 is 2. The average molecular weight is 410 g/mol. The van der Waals surface area contributed by atoms with Gasteiger partial charge in [0, 0.05) is 0 Å². The molecule has 148 valence electrons. The number of amides is 1. The third-order valence-electron chi connectivity index (χ3n) is 4.80. The predicted octanol–water partition coefficient (Wildman–Crippen LogP) is 3.80. The lowest BCUT2D eigenvalue weighted by molar-refractivity contribution is -0.117. The third-order valence-corrected chi connectivity index (χ3v) is 5.84. The lowest BCUT2D eigenvalue weighted by atomic mass is 9.96. The number of benzene rings is 2. The minimum Gasteiger partial charge on any atom is -0.503 e. The normalized spacial score (nSPS) is 16.6. The highest BCUT2D eigenvalue weighted by Gasteiger charge is 2.44. The molecular formula is C21H18N2O5S. The van der Waals surface area contributed by atoms with Gasteiger partial charge in [-0.2, -0.15) is 0 Å². The average Bonchev–Trinajstić information content (AvgIpc) is 3.26. The molecule has 1 N–H and O–H groups in total. The van der Waals surface area contributed by atoms with Gasteiger partial charge in [0.2, 0.25) is 0 Å². The molecule has 0 unspecified atom stereocenters. The fourth-order valence-corrected chi connectivity index (χ4v) is 4.46. The largest absolute Gasteiger partial charge is 0.503 e. The number of nitrogens with zero attached hydrogens (tertiary/aromatic N) is 2. The van der Waals surface area contributed by atoms with Crippen LogP contribution in [0.5, 0.6) is 11.5 Å². The van der Waals surface area contributed by atoms with Crippen LogP contribution in [0.25, 0.3) is 10.2 Å². The number of aliphatic hydroxyl groups excluding tert-OH is 1. The molecule has 8 heteroatoms. The highest BCUT2D eigenvalue weighted by Crippen LogP contribution is 2.44. The van der Waals surface area contributed by atoms with E-state index in [0.29, 0.717) is 22.2 Å².